The first-order valence-corrected chi connectivity index (χ1v) is 9.33. The quantitative estimate of drug-likeness (QED) is 0.841. The Hall–Kier alpha value is -3.36. The third-order valence-corrected chi connectivity index (χ3v) is 4.77. The molecule has 9 nitrogen and oxygen atoms in total. The molecule has 2 fully saturated rings. The average Bonchev–Trinajstić information content (AvgIpc) is 3.15. The molecule has 0 saturated carbocycles. The average molecular weight is 382 g/mol. The Kier molecular flexibility index (Phi) is 5.22. The lowest BCUT2D eigenvalue weighted by Crippen LogP contribution is -2.49. The Morgan fingerprint density at radius 2 is 2.04 bits per heavy atom. The Labute approximate surface area is 162 Å². The molecular formula is C19H22N6O3. The highest BCUT2D eigenvalue weighted by atomic mass is 16.6. The van der Waals surface area contributed by atoms with E-state index in [1.807, 2.05) is 6.07 Å². The molecule has 0 bridgehead atoms. The minimum atomic E-state index is -0.368. The molecule has 0 unspecified atom stereocenters. The number of benzene rings is 1. The van der Waals surface area contributed by atoms with Crippen molar-refractivity contribution in [1.82, 2.24) is 15.3 Å². The summed E-state index contributed by atoms with van der Waals surface area (Å²) in [6.45, 7) is 2.42. The van der Waals surface area contributed by atoms with Crippen LogP contribution in [-0.4, -0.2) is 54.4 Å². The number of piperidine rings is 1. The van der Waals surface area contributed by atoms with Crippen molar-refractivity contribution in [2.24, 2.45) is 0 Å². The molecule has 9 heteroatoms. The van der Waals surface area contributed by atoms with Crippen LogP contribution >= 0.6 is 0 Å². The first kappa shape index (κ1) is 18.0. The molecule has 2 aliphatic heterocycles. The molecule has 1 aromatic carbocycles. The van der Waals surface area contributed by atoms with Gasteiger partial charge in [-0.25, -0.2) is 19.6 Å². The summed E-state index contributed by atoms with van der Waals surface area (Å²) >= 11 is 0. The second kappa shape index (κ2) is 8.12. The number of nitrogens with zero attached hydrogens (tertiary/aromatic N) is 4. The Bertz CT molecular complexity index is 847. The second-order valence-corrected chi connectivity index (χ2v) is 6.75. The largest absolute Gasteiger partial charge is 0.447 e. The maximum absolute atomic E-state index is 12.4. The van der Waals surface area contributed by atoms with E-state index in [4.69, 9.17) is 4.74 Å². The van der Waals surface area contributed by atoms with Crippen LogP contribution in [0.4, 0.5) is 26.9 Å². The van der Waals surface area contributed by atoms with E-state index in [2.05, 4.69) is 25.5 Å². The number of hydrogen-bond acceptors (Lipinski definition) is 6. The molecule has 1 atom stereocenters. The van der Waals surface area contributed by atoms with E-state index in [9.17, 15) is 9.59 Å². The van der Waals surface area contributed by atoms with Crippen LogP contribution in [0.3, 0.4) is 0 Å². The highest BCUT2D eigenvalue weighted by molar-refractivity contribution is 5.93. The van der Waals surface area contributed by atoms with Gasteiger partial charge in [0.25, 0.3) is 0 Å². The van der Waals surface area contributed by atoms with E-state index in [1.54, 1.807) is 41.6 Å². The topological polar surface area (TPSA) is 99.7 Å². The van der Waals surface area contributed by atoms with Crippen LogP contribution in [0, 0.1) is 0 Å². The summed E-state index contributed by atoms with van der Waals surface area (Å²) in [5.41, 5.74) is 1.32. The van der Waals surface area contributed by atoms with Gasteiger partial charge in [0.2, 0.25) is 5.95 Å². The summed E-state index contributed by atoms with van der Waals surface area (Å²) in [4.78, 5) is 36.3. The van der Waals surface area contributed by atoms with Gasteiger partial charge in [0, 0.05) is 42.9 Å². The molecule has 146 valence electrons. The van der Waals surface area contributed by atoms with Gasteiger partial charge in [-0.1, -0.05) is 6.07 Å². The number of ether oxygens (including phenoxy) is 1. The third-order valence-electron chi connectivity index (χ3n) is 4.77. The molecule has 4 rings (SSSR count). The fourth-order valence-corrected chi connectivity index (χ4v) is 3.46. The second-order valence-electron chi connectivity index (χ2n) is 6.75. The zero-order chi connectivity index (χ0) is 19.3. The minimum absolute atomic E-state index is 0.00861. The lowest BCUT2D eigenvalue weighted by atomic mass is 10.1. The number of urea groups is 1. The molecule has 2 aliphatic rings. The molecule has 3 amide bonds. The van der Waals surface area contributed by atoms with Crippen molar-refractivity contribution in [1.29, 1.82) is 0 Å². The van der Waals surface area contributed by atoms with Crippen molar-refractivity contribution in [2.75, 3.05) is 41.4 Å². The van der Waals surface area contributed by atoms with Gasteiger partial charge in [0.05, 0.1) is 6.54 Å². The van der Waals surface area contributed by atoms with E-state index >= 15 is 0 Å². The summed E-state index contributed by atoms with van der Waals surface area (Å²) in [5.74, 6) is 0.680. The zero-order valence-electron chi connectivity index (χ0n) is 15.4. The first-order valence-electron chi connectivity index (χ1n) is 9.33. The van der Waals surface area contributed by atoms with Crippen molar-refractivity contribution >= 4 is 29.4 Å². The smallest absolute Gasteiger partial charge is 0.414 e. The molecule has 0 aliphatic carbocycles. The summed E-state index contributed by atoms with van der Waals surface area (Å²) in [7, 11) is 0. The Morgan fingerprint density at radius 3 is 2.82 bits per heavy atom. The maximum atomic E-state index is 12.4. The number of nitrogens with one attached hydrogen (secondary N) is 2. The monoisotopic (exact) mass is 382 g/mol. The normalized spacial score (nSPS) is 19.3. The van der Waals surface area contributed by atoms with Crippen molar-refractivity contribution < 1.29 is 14.3 Å². The highest BCUT2D eigenvalue weighted by Gasteiger charge is 2.25. The van der Waals surface area contributed by atoms with Crippen LogP contribution in [0.25, 0.3) is 0 Å². The molecule has 1 aromatic heterocycles. The molecule has 2 N–H and O–H groups in total. The molecule has 2 saturated heterocycles. The molecule has 3 heterocycles. The first-order chi connectivity index (χ1) is 13.7. The molecular weight excluding hydrogens is 360 g/mol. The van der Waals surface area contributed by atoms with Crippen LogP contribution in [0.5, 0.6) is 0 Å². The fraction of sp³-hybridized carbons (Fsp3) is 0.368. The van der Waals surface area contributed by atoms with Crippen LogP contribution < -0.4 is 20.4 Å². The number of carbonyl (C=O) groups is 2. The van der Waals surface area contributed by atoms with E-state index in [1.165, 1.54) is 0 Å². The SMILES string of the molecule is O=C(Nc1cccc(N2CCOC2=O)c1)N[C@H]1CCCN(c2ncccn2)C1. The predicted octanol–water partition coefficient (Wildman–Crippen LogP) is 2.22. The Morgan fingerprint density at radius 1 is 1.18 bits per heavy atom. The van der Waals surface area contributed by atoms with Gasteiger partial charge in [0.15, 0.2) is 0 Å². The summed E-state index contributed by atoms with van der Waals surface area (Å²) in [5, 5.41) is 5.86. The van der Waals surface area contributed by atoms with Gasteiger partial charge >= 0.3 is 12.1 Å². The van der Waals surface area contributed by atoms with Crippen LogP contribution in [0.2, 0.25) is 0 Å². The minimum Gasteiger partial charge on any atom is -0.447 e. The van der Waals surface area contributed by atoms with Gasteiger partial charge in [-0.3, -0.25) is 4.90 Å². The van der Waals surface area contributed by atoms with Gasteiger partial charge in [-0.2, -0.15) is 0 Å². The van der Waals surface area contributed by atoms with E-state index in [-0.39, 0.29) is 18.2 Å². The van der Waals surface area contributed by atoms with Crippen molar-refractivity contribution in [3.8, 4) is 0 Å². The number of hydrogen-bond donors (Lipinski definition) is 2. The Balaban J connectivity index is 1.35. The molecule has 0 spiro atoms. The number of aromatic nitrogens is 2. The predicted molar refractivity (Wildman–Crippen MR) is 105 cm³/mol. The molecule has 2 aromatic rings. The lowest BCUT2D eigenvalue weighted by molar-refractivity contribution is 0.181. The summed E-state index contributed by atoms with van der Waals surface area (Å²) in [6.07, 6.45) is 4.92. The zero-order valence-corrected chi connectivity index (χ0v) is 15.4. The van der Waals surface area contributed by atoms with Crippen LogP contribution in [0.15, 0.2) is 42.7 Å². The van der Waals surface area contributed by atoms with Gasteiger partial charge in [-0.05, 0) is 37.1 Å². The number of cyclic esters (lactones) is 1. The third kappa shape index (κ3) is 4.13. The maximum Gasteiger partial charge on any atom is 0.414 e. The number of anilines is 3. The van der Waals surface area contributed by atoms with E-state index in [0.29, 0.717) is 37.0 Å². The van der Waals surface area contributed by atoms with Gasteiger partial charge in [-0.15, -0.1) is 0 Å². The molecule has 28 heavy (non-hydrogen) atoms. The van der Waals surface area contributed by atoms with Crippen molar-refractivity contribution in [3.63, 3.8) is 0 Å². The number of rotatable bonds is 4. The van der Waals surface area contributed by atoms with Crippen molar-refractivity contribution in [3.05, 3.63) is 42.7 Å². The van der Waals surface area contributed by atoms with E-state index < -0.39 is 0 Å². The highest BCUT2D eigenvalue weighted by Crippen LogP contribution is 2.22. The van der Waals surface area contributed by atoms with Gasteiger partial charge < -0.3 is 20.3 Å². The number of carbonyl (C=O) groups excluding carboxylic acids is 2. The van der Waals surface area contributed by atoms with Crippen LogP contribution in [-0.2, 0) is 4.74 Å². The number of amides is 3. The van der Waals surface area contributed by atoms with Gasteiger partial charge in [0.1, 0.15) is 6.61 Å². The standard InChI is InChI=1S/C19H22N6O3/c26-18(22-14-4-1-6-16(12-14)25-10-11-28-19(25)27)23-15-5-2-9-24(13-15)17-20-7-3-8-21-17/h1,3-4,6-8,12,15H,2,5,9-11,13H2,(H2,22,23,26)/t15-/m0/s1. The summed E-state index contributed by atoms with van der Waals surface area (Å²) < 4.78 is 4.96. The molecule has 0 radical (unpaired) electrons. The van der Waals surface area contributed by atoms with E-state index in [0.717, 1.165) is 19.4 Å². The fourth-order valence-electron chi connectivity index (χ4n) is 3.46. The van der Waals surface area contributed by atoms with Crippen molar-refractivity contribution in [2.45, 2.75) is 18.9 Å². The van der Waals surface area contributed by atoms with Crippen LogP contribution in [0.1, 0.15) is 12.8 Å². The lowest BCUT2D eigenvalue weighted by Gasteiger charge is -2.33. The summed E-state index contributed by atoms with van der Waals surface area (Å²) in [6, 6.07) is 8.68.